The Bertz CT molecular complexity index is 596. The molecule has 22 heavy (non-hydrogen) atoms. The van der Waals surface area contributed by atoms with Crippen LogP contribution in [0.15, 0.2) is 18.5 Å². The highest BCUT2D eigenvalue weighted by Crippen LogP contribution is 2.52. The van der Waals surface area contributed by atoms with Gasteiger partial charge in [0.2, 0.25) is 0 Å². The van der Waals surface area contributed by atoms with Crippen LogP contribution in [0.4, 0.5) is 40.9 Å². The Morgan fingerprint density at radius 3 is 2.05 bits per heavy atom. The van der Waals surface area contributed by atoms with Crippen LogP contribution in [-0.4, -0.2) is 17.3 Å². The number of aromatic nitrogens is 1. The minimum atomic E-state index is -6.16. The topological polar surface area (TPSA) is 20.2 Å². The summed E-state index contributed by atoms with van der Waals surface area (Å²) in [5.74, 6) is -6.59. The van der Waals surface area contributed by atoms with Crippen LogP contribution in [-0.2, 0) is 19.1 Å². The third-order valence-corrected chi connectivity index (χ3v) is 2.99. The Hall–Kier alpha value is -1.78. The predicted octanol–water partition coefficient (Wildman–Crippen LogP) is 3.54. The van der Waals surface area contributed by atoms with Crippen molar-refractivity contribution in [1.82, 2.24) is 9.99 Å². The molecule has 124 valence electrons. The molecule has 0 aliphatic carbocycles. The van der Waals surface area contributed by atoms with Gasteiger partial charge in [0.25, 0.3) is 0 Å². The summed E-state index contributed by atoms with van der Waals surface area (Å²) in [7, 11) is 0.953. The van der Waals surface area contributed by atoms with E-state index in [0.717, 1.165) is 13.2 Å². The standard InChI is InChI=1S/C11H9F8N3/c1-21-5-6(10(14,15)16)7(9(12,13)11(17,18)19)8(21)22-4-2-3-20-22/h2,4-5,20H,3H2,1H3. The van der Waals surface area contributed by atoms with Gasteiger partial charge >= 0.3 is 18.3 Å². The van der Waals surface area contributed by atoms with E-state index in [-0.39, 0.29) is 12.7 Å². The normalized spacial score (nSPS) is 16.7. The smallest absolute Gasteiger partial charge is 0.335 e. The van der Waals surface area contributed by atoms with Gasteiger partial charge in [-0.25, -0.2) is 5.43 Å². The largest absolute Gasteiger partial charge is 0.458 e. The molecule has 3 nitrogen and oxygen atoms in total. The van der Waals surface area contributed by atoms with Crippen LogP contribution >= 0.6 is 0 Å². The molecule has 2 rings (SSSR count). The first kappa shape index (κ1) is 16.6. The lowest BCUT2D eigenvalue weighted by Crippen LogP contribution is -2.38. The van der Waals surface area contributed by atoms with Gasteiger partial charge in [0, 0.05) is 26.0 Å². The van der Waals surface area contributed by atoms with E-state index in [1.807, 2.05) is 0 Å². The van der Waals surface area contributed by atoms with E-state index < -0.39 is 35.2 Å². The molecular formula is C11H9F8N3. The lowest BCUT2D eigenvalue weighted by Gasteiger charge is -2.26. The van der Waals surface area contributed by atoms with Gasteiger partial charge in [-0.3, -0.25) is 5.01 Å². The monoisotopic (exact) mass is 335 g/mol. The molecule has 1 aliphatic heterocycles. The molecule has 0 spiro atoms. The Morgan fingerprint density at radius 2 is 1.64 bits per heavy atom. The summed E-state index contributed by atoms with van der Waals surface area (Å²) in [5, 5.41) is 0.699. The van der Waals surface area contributed by atoms with Crippen molar-refractivity contribution in [3.05, 3.63) is 29.6 Å². The first-order valence-corrected chi connectivity index (χ1v) is 5.78. The highest BCUT2D eigenvalue weighted by atomic mass is 19.4. The summed E-state index contributed by atoms with van der Waals surface area (Å²) >= 11 is 0. The van der Waals surface area contributed by atoms with Crippen LogP contribution in [0.2, 0.25) is 0 Å². The summed E-state index contributed by atoms with van der Waals surface area (Å²) < 4.78 is 104. The summed E-state index contributed by atoms with van der Waals surface area (Å²) in [4.78, 5) is 0. The number of hydrogen-bond donors (Lipinski definition) is 1. The van der Waals surface area contributed by atoms with Gasteiger partial charge in [-0.2, -0.15) is 35.1 Å². The highest BCUT2D eigenvalue weighted by Gasteiger charge is 2.63. The molecule has 0 aromatic carbocycles. The Balaban J connectivity index is 2.75. The first-order valence-electron chi connectivity index (χ1n) is 5.78. The number of hydrazine groups is 1. The maximum Gasteiger partial charge on any atom is 0.458 e. The lowest BCUT2D eigenvalue weighted by atomic mass is 10.0. The summed E-state index contributed by atoms with van der Waals surface area (Å²) in [5.41, 5.74) is -1.79. The minimum Gasteiger partial charge on any atom is -0.335 e. The average molecular weight is 335 g/mol. The van der Waals surface area contributed by atoms with Gasteiger partial charge in [-0.1, -0.05) is 6.08 Å². The molecule has 1 aliphatic rings. The summed E-state index contributed by atoms with van der Waals surface area (Å²) in [6.45, 7) is 0.0869. The zero-order valence-electron chi connectivity index (χ0n) is 10.9. The Morgan fingerprint density at radius 1 is 1.05 bits per heavy atom. The van der Waals surface area contributed by atoms with Crippen molar-refractivity contribution in [1.29, 1.82) is 0 Å². The average Bonchev–Trinajstić information content (AvgIpc) is 2.92. The summed E-state index contributed by atoms with van der Waals surface area (Å²) in [6, 6.07) is 0. The minimum absolute atomic E-state index is 0.0869. The highest BCUT2D eigenvalue weighted by molar-refractivity contribution is 5.58. The number of hydrogen-bond acceptors (Lipinski definition) is 2. The van der Waals surface area contributed by atoms with Crippen molar-refractivity contribution in [3.63, 3.8) is 0 Å². The van der Waals surface area contributed by atoms with E-state index in [1.165, 1.54) is 6.08 Å². The number of alkyl halides is 8. The molecule has 1 aromatic heterocycles. The fraction of sp³-hybridized carbons (Fsp3) is 0.455. The fourth-order valence-electron chi connectivity index (χ4n) is 2.08. The molecule has 1 aromatic rings. The van der Waals surface area contributed by atoms with Crippen LogP contribution in [0.5, 0.6) is 0 Å². The second-order valence-corrected chi connectivity index (χ2v) is 4.54. The van der Waals surface area contributed by atoms with Crippen molar-refractivity contribution >= 4 is 5.82 Å². The van der Waals surface area contributed by atoms with Crippen LogP contribution in [0.3, 0.4) is 0 Å². The second kappa shape index (κ2) is 4.86. The second-order valence-electron chi connectivity index (χ2n) is 4.54. The molecule has 0 unspecified atom stereocenters. The first-order chi connectivity index (χ1) is 9.87. The predicted molar refractivity (Wildman–Crippen MR) is 60.0 cm³/mol. The van der Waals surface area contributed by atoms with Crippen LogP contribution in [0.25, 0.3) is 0 Å². The van der Waals surface area contributed by atoms with Gasteiger partial charge < -0.3 is 4.57 Å². The van der Waals surface area contributed by atoms with E-state index in [0.29, 0.717) is 9.58 Å². The molecule has 1 N–H and O–H groups in total. The number of aryl methyl sites for hydroxylation is 1. The summed E-state index contributed by atoms with van der Waals surface area (Å²) in [6.07, 6.45) is -8.88. The van der Waals surface area contributed by atoms with Crippen molar-refractivity contribution in [3.8, 4) is 0 Å². The van der Waals surface area contributed by atoms with Gasteiger partial charge in [-0.15, -0.1) is 0 Å². The molecule has 0 saturated carbocycles. The number of rotatable bonds is 2. The van der Waals surface area contributed by atoms with Gasteiger partial charge in [-0.05, 0) is 0 Å². The number of nitrogens with one attached hydrogen (secondary N) is 1. The number of nitrogens with zero attached hydrogens (tertiary/aromatic N) is 2. The lowest BCUT2D eigenvalue weighted by molar-refractivity contribution is -0.290. The molecule has 0 fully saturated rings. The van der Waals surface area contributed by atoms with Gasteiger partial charge in [0.1, 0.15) is 5.82 Å². The molecule has 0 atom stereocenters. The van der Waals surface area contributed by atoms with Crippen molar-refractivity contribution in [2.75, 3.05) is 11.6 Å². The quantitative estimate of drug-likeness (QED) is 0.835. The van der Waals surface area contributed by atoms with E-state index in [9.17, 15) is 35.1 Å². The maximum atomic E-state index is 13.7. The van der Waals surface area contributed by atoms with Crippen molar-refractivity contribution in [2.24, 2.45) is 7.05 Å². The van der Waals surface area contributed by atoms with Crippen molar-refractivity contribution < 1.29 is 35.1 Å². The van der Waals surface area contributed by atoms with Crippen molar-refractivity contribution in [2.45, 2.75) is 18.3 Å². The fourth-order valence-corrected chi connectivity index (χ4v) is 2.08. The van der Waals surface area contributed by atoms with Gasteiger partial charge in [0.05, 0.1) is 11.1 Å². The molecule has 0 bridgehead atoms. The SMILES string of the molecule is Cn1cc(C(F)(F)F)c(C(F)(F)C(F)(F)F)c1N1C=CCN1. The van der Waals surface area contributed by atoms with E-state index in [2.05, 4.69) is 5.43 Å². The van der Waals surface area contributed by atoms with E-state index in [4.69, 9.17) is 0 Å². The van der Waals surface area contributed by atoms with Crippen LogP contribution in [0.1, 0.15) is 11.1 Å². The van der Waals surface area contributed by atoms with E-state index in [1.54, 1.807) is 0 Å². The molecule has 0 radical (unpaired) electrons. The third-order valence-electron chi connectivity index (χ3n) is 2.99. The number of anilines is 1. The zero-order chi connectivity index (χ0) is 16.9. The molecule has 0 amide bonds. The zero-order valence-corrected chi connectivity index (χ0v) is 10.9. The molecule has 11 heteroatoms. The number of halogens is 8. The van der Waals surface area contributed by atoms with E-state index >= 15 is 0 Å². The van der Waals surface area contributed by atoms with Gasteiger partial charge in [0.15, 0.2) is 0 Å². The molecule has 0 saturated heterocycles. The third kappa shape index (κ3) is 2.53. The maximum absolute atomic E-state index is 13.7. The van der Waals surface area contributed by atoms with Crippen LogP contribution in [0, 0.1) is 0 Å². The Labute approximate surface area is 118 Å². The molecular weight excluding hydrogens is 326 g/mol. The molecule has 2 heterocycles. The van der Waals surface area contributed by atoms with Crippen LogP contribution < -0.4 is 10.4 Å². The Kier molecular flexibility index (Phi) is 3.67.